The largest absolute Gasteiger partial charge is 0.331 e. The molecule has 0 spiro atoms. The van der Waals surface area contributed by atoms with Gasteiger partial charge in [-0.2, -0.15) is 0 Å². The first-order valence-electron chi connectivity index (χ1n) is 6.43. The SMILES string of the molecule is CCN.Cc1ccc(C)c(-c2ccccc2C)c1. The molecule has 0 unspecified atom stereocenters. The van der Waals surface area contributed by atoms with E-state index in [2.05, 4.69) is 63.2 Å². The average Bonchev–Trinajstić information content (AvgIpc) is 2.34. The lowest BCUT2D eigenvalue weighted by molar-refractivity contribution is 1.14. The summed E-state index contributed by atoms with van der Waals surface area (Å²) in [6, 6.07) is 15.2. The Morgan fingerprint density at radius 1 is 0.833 bits per heavy atom. The summed E-state index contributed by atoms with van der Waals surface area (Å²) in [5.74, 6) is 0. The van der Waals surface area contributed by atoms with E-state index in [0.29, 0.717) is 0 Å². The lowest BCUT2D eigenvalue weighted by Gasteiger charge is -2.09. The van der Waals surface area contributed by atoms with Gasteiger partial charge in [-0.05, 0) is 49.6 Å². The highest BCUT2D eigenvalue weighted by atomic mass is 14.5. The van der Waals surface area contributed by atoms with Crippen LogP contribution in [0.2, 0.25) is 0 Å². The summed E-state index contributed by atoms with van der Waals surface area (Å²) in [5, 5.41) is 0. The number of benzene rings is 2. The smallest absolute Gasteiger partial charge is 0.0106 e. The third-order valence-electron chi connectivity index (χ3n) is 2.83. The number of aryl methyl sites for hydroxylation is 3. The van der Waals surface area contributed by atoms with Gasteiger partial charge in [-0.1, -0.05) is 55.0 Å². The first-order valence-corrected chi connectivity index (χ1v) is 6.43. The molecule has 0 aromatic heterocycles. The Labute approximate surface area is 111 Å². The van der Waals surface area contributed by atoms with Gasteiger partial charge in [0.1, 0.15) is 0 Å². The standard InChI is InChI=1S/C15H16.C2H7N/c1-11-8-9-13(3)15(10-11)14-7-5-4-6-12(14)2;1-2-3/h4-10H,1-3H3;2-3H2,1H3. The van der Waals surface area contributed by atoms with Crippen molar-refractivity contribution in [1.82, 2.24) is 0 Å². The van der Waals surface area contributed by atoms with E-state index >= 15 is 0 Å². The Bertz CT molecular complexity index is 501. The Morgan fingerprint density at radius 2 is 1.39 bits per heavy atom. The van der Waals surface area contributed by atoms with Crippen LogP contribution in [0.1, 0.15) is 23.6 Å². The van der Waals surface area contributed by atoms with E-state index in [9.17, 15) is 0 Å². The molecule has 2 N–H and O–H groups in total. The molecular formula is C17H23N. The highest BCUT2D eigenvalue weighted by Gasteiger charge is 2.03. The molecule has 0 heterocycles. The summed E-state index contributed by atoms with van der Waals surface area (Å²) in [6.07, 6.45) is 0. The summed E-state index contributed by atoms with van der Waals surface area (Å²) in [5.41, 5.74) is 11.5. The van der Waals surface area contributed by atoms with E-state index in [0.717, 1.165) is 6.54 Å². The van der Waals surface area contributed by atoms with Crippen LogP contribution in [0.4, 0.5) is 0 Å². The van der Waals surface area contributed by atoms with Gasteiger partial charge >= 0.3 is 0 Å². The Morgan fingerprint density at radius 3 is 2.00 bits per heavy atom. The quantitative estimate of drug-likeness (QED) is 0.794. The van der Waals surface area contributed by atoms with Crippen LogP contribution < -0.4 is 5.73 Å². The molecule has 0 aliphatic rings. The van der Waals surface area contributed by atoms with Crippen LogP contribution in [0.5, 0.6) is 0 Å². The highest BCUT2D eigenvalue weighted by Crippen LogP contribution is 2.27. The monoisotopic (exact) mass is 241 g/mol. The van der Waals surface area contributed by atoms with Crippen LogP contribution >= 0.6 is 0 Å². The van der Waals surface area contributed by atoms with Crippen LogP contribution in [-0.2, 0) is 0 Å². The number of nitrogens with two attached hydrogens (primary N) is 1. The first-order chi connectivity index (χ1) is 8.60. The Kier molecular flexibility index (Phi) is 5.60. The lowest BCUT2D eigenvalue weighted by Crippen LogP contribution is -1.87. The van der Waals surface area contributed by atoms with Gasteiger partial charge in [0.25, 0.3) is 0 Å². The van der Waals surface area contributed by atoms with Crippen LogP contribution in [-0.4, -0.2) is 6.54 Å². The van der Waals surface area contributed by atoms with Gasteiger partial charge in [0.15, 0.2) is 0 Å². The van der Waals surface area contributed by atoms with Crippen molar-refractivity contribution in [3.05, 3.63) is 59.2 Å². The summed E-state index contributed by atoms with van der Waals surface area (Å²) < 4.78 is 0. The zero-order chi connectivity index (χ0) is 13.5. The van der Waals surface area contributed by atoms with Crippen LogP contribution in [0.15, 0.2) is 42.5 Å². The second kappa shape index (κ2) is 6.97. The van der Waals surface area contributed by atoms with Gasteiger partial charge in [-0.15, -0.1) is 0 Å². The van der Waals surface area contributed by atoms with Gasteiger partial charge in [0.05, 0.1) is 0 Å². The molecule has 0 amide bonds. The van der Waals surface area contributed by atoms with E-state index in [-0.39, 0.29) is 0 Å². The van der Waals surface area contributed by atoms with Crippen molar-refractivity contribution in [2.45, 2.75) is 27.7 Å². The van der Waals surface area contributed by atoms with Crippen LogP contribution in [0.25, 0.3) is 11.1 Å². The minimum atomic E-state index is 0.750. The average molecular weight is 241 g/mol. The molecule has 2 aromatic carbocycles. The molecule has 96 valence electrons. The van der Waals surface area contributed by atoms with E-state index in [1.165, 1.54) is 27.8 Å². The van der Waals surface area contributed by atoms with Gasteiger partial charge < -0.3 is 5.73 Å². The van der Waals surface area contributed by atoms with E-state index in [4.69, 9.17) is 5.73 Å². The predicted octanol–water partition coefficient (Wildman–Crippen LogP) is 4.24. The number of hydrogen-bond donors (Lipinski definition) is 1. The zero-order valence-corrected chi connectivity index (χ0v) is 11.8. The van der Waals surface area contributed by atoms with E-state index < -0.39 is 0 Å². The molecule has 0 aliphatic carbocycles. The summed E-state index contributed by atoms with van der Waals surface area (Å²) >= 11 is 0. The summed E-state index contributed by atoms with van der Waals surface area (Å²) in [6.45, 7) is 9.12. The third kappa shape index (κ3) is 3.71. The molecule has 0 atom stereocenters. The molecule has 0 saturated heterocycles. The van der Waals surface area contributed by atoms with Gasteiger partial charge in [0, 0.05) is 0 Å². The van der Waals surface area contributed by atoms with E-state index in [1.807, 2.05) is 6.92 Å². The second-order valence-corrected chi connectivity index (χ2v) is 4.54. The van der Waals surface area contributed by atoms with Gasteiger partial charge in [-0.3, -0.25) is 0 Å². The van der Waals surface area contributed by atoms with Crippen LogP contribution in [0, 0.1) is 20.8 Å². The van der Waals surface area contributed by atoms with Crippen molar-refractivity contribution < 1.29 is 0 Å². The fourth-order valence-electron chi connectivity index (χ4n) is 1.90. The molecule has 0 aliphatic heterocycles. The molecule has 2 aromatic rings. The molecule has 0 saturated carbocycles. The lowest BCUT2D eigenvalue weighted by atomic mass is 9.95. The topological polar surface area (TPSA) is 26.0 Å². The molecular weight excluding hydrogens is 218 g/mol. The molecule has 1 heteroatoms. The minimum Gasteiger partial charge on any atom is -0.331 e. The molecule has 0 radical (unpaired) electrons. The molecule has 2 rings (SSSR count). The summed E-state index contributed by atoms with van der Waals surface area (Å²) in [7, 11) is 0. The minimum absolute atomic E-state index is 0.750. The zero-order valence-electron chi connectivity index (χ0n) is 11.8. The third-order valence-corrected chi connectivity index (χ3v) is 2.83. The summed E-state index contributed by atoms with van der Waals surface area (Å²) in [4.78, 5) is 0. The Balaban J connectivity index is 0.000000492. The maximum Gasteiger partial charge on any atom is -0.0106 e. The first kappa shape index (κ1) is 14.5. The maximum absolute atomic E-state index is 4.85. The normalized spacial score (nSPS) is 9.61. The van der Waals surface area contributed by atoms with Crippen molar-refractivity contribution in [2.75, 3.05) is 6.54 Å². The molecule has 18 heavy (non-hydrogen) atoms. The highest BCUT2D eigenvalue weighted by molar-refractivity contribution is 5.70. The van der Waals surface area contributed by atoms with Gasteiger partial charge in [0.2, 0.25) is 0 Å². The van der Waals surface area contributed by atoms with Crippen molar-refractivity contribution in [3.8, 4) is 11.1 Å². The fraction of sp³-hybridized carbons (Fsp3) is 0.294. The molecule has 0 fully saturated rings. The van der Waals surface area contributed by atoms with Crippen molar-refractivity contribution in [1.29, 1.82) is 0 Å². The maximum atomic E-state index is 4.85. The van der Waals surface area contributed by atoms with Crippen molar-refractivity contribution in [2.24, 2.45) is 5.73 Å². The fourth-order valence-corrected chi connectivity index (χ4v) is 1.90. The van der Waals surface area contributed by atoms with E-state index in [1.54, 1.807) is 0 Å². The molecule has 0 bridgehead atoms. The second-order valence-electron chi connectivity index (χ2n) is 4.54. The number of hydrogen-bond acceptors (Lipinski definition) is 1. The Hall–Kier alpha value is -1.60. The number of rotatable bonds is 1. The molecule has 1 nitrogen and oxygen atoms in total. The van der Waals surface area contributed by atoms with Crippen molar-refractivity contribution >= 4 is 0 Å². The van der Waals surface area contributed by atoms with Crippen molar-refractivity contribution in [3.63, 3.8) is 0 Å². The van der Waals surface area contributed by atoms with Crippen LogP contribution in [0.3, 0.4) is 0 Å². The predicted molar refractivity (Wildman–Crippen MR) is 80.8 cm³/mol. The van der Waals surface area contributed by atoms with Gasteiger partial charge in [-0.25, -0.2) is 0 Å².